The summed E-state index contributed by atoms with van der Waals surface area (Å²) in [6.45, 7) is 3.93. The number of carbonyl (C=O) groups is 2. The first-order valence-electron chi connectivity index (χ1n) is 7.40. The maximum atomic E-state index is 12.2. The molecule has 7 heteroatoms. The standard InChI is InChI=1S/C16H22N4O2.ClH/c1-2-11-18-15(22)20-13-7-5-12(6-8-13)19-14(21)16(17)9-3-4-10-16;/h2,5-8H,1,3-4,9-11,17H2,(H,19,21)(H2,18,20,22);1H. The van der Waals surface area contributed by atoms with E-state index in [9.17, 15) is 9.59 Å². The molecule has 0 heterocycles. The van der Waals surface area contributed by atoms with Crippen molar-refractivity contribution in [2.45, 2.75) is 31.2 Å². The van der Waals surface area contributed by atoms with Crippen molar-refractivity contribution < 1.29 is 9.59 Å². The number of halogens is 1. The third kappa shape index (κ3) is 5.26. The monoisotopic (exact) mass is 338 g/mol. The van der Waals surface area contributed by atoms with E-state index in [-0.39, 0.29) is 24.3 Å². The third-order valence-corrected chi connectivity index (χ3v) is 3.76. The highest BCUT2D eigenvalue weighted by Crippen LogP contribution is 2.28. The molecule has 1 aliphatic rings. The largest absolute Gasteiger partial charge is 0.334 e. The van der Waals surface area contributed by atoms with Gasteiger partial charge in [-0.05, 0) is 37.1 Å². The van der Waals surface area contributed by atoms with Crippen LogP contribution in [-0.4, -0.2) is 24.0 Å². The molecule has 1 fully saturated rings. The van der Waals surface area contributed by atoms with Crippen molar-refractivity contribution >= 4 is 35.7 Å². The molecule has 5 N–H and O–H groups in total. The number of anilines is 2. The number of urea groups is 1. The van der Waals surface area contributed by atoms with E-state index in [4.69, 9.17) is 5.73 Å². The lowest BCUT2D eigenvalue weighted by Crippen LogP contribution is -2.48. The molecule has 1 saturated carbocycles. The molecule has 3 amide bonds. The SMILES string of the molecule is C=CCNC(=O)Nc1ccc(NC(=O)C2(N)CCCC2)cc1.Cl. The summed E-state index contributed by atoms with van der Waals surface area (Å²) in [4.78, 5) is 23.7. The molecule has 126 valence electrons. The molecule has 1 aromatic rings. The Morgan fingerprint density at radius 3 is 2.17 bits per heavy atom. The molecule has 0 atom stereocenters. The third-order valence-electron chi connectivity index (χ3n) is 3.76. The zero-order valence-corrected chi connectivity index (χ0v) is 13.7. The van der Waals surface area contributed by atoms with E-state index in [0.717, 1.165) is 25.7 Å². The molecule has 1 aromatic carbocycles. The number of amides is 3. The molecule has 0 aliphatic heterocycles. The second-order valence-corrected chi connectivity index (χ2v) is 5.52. The van der Waals surface area contributed by atoms with Gasteiger partial charge in [-0.1, -0.05) is 18.9 Å². The van der Waals surface area contributed by atoms with E-state index in [1.807, 2.05) is 0 Å². The highest BCUT2D eigenvalue weighted by atomic mass is 35.5. The molecule has 2 rings (SSSR count). The summed E-state index contributed by atoms with van der Waals surface area (Å²) in [6, 6.07) is 6.61. The first-order valence-corrected chi connectivity index (χ1v) is 7.40. The molecule has 0 unspecified atom stereocenters. The van der Waals surface area contributed by atoms with E-state index < -0.39 is 5.54 Å². The molecular weight excluding hydrogens is 316 g/mol. The fourth-order valence-electron chi connectivity index (χ4n) is 2.47. The van der Waals surface area contributed by atoms with Crippen LogP contribution in [0.3, 0.4) is 0 Å². The predicted molar refractivity (Wildman–Crippen MR) is 94.9 cm³/mol. The Kier molecular flexibility index (Phi) is 7.06. The van der Waals surface area contributed by atoms with Crippen LogP contribution in [-0.2, 0) is 4.79 Å². The molecule has 0 bridgehead atoms. The maximum absolute atomic E-state index is 12.2. The minimum absolute atomic E-state index is 0. The Hall–Kier alpha value is -2.05. The summed E-state index contributed by atoms with van der Waals surface area (Å²) >= 11 is 0. The minimum Gasteiger partial charge on any atom is -0.334 e. The van der Waals surface area contributed by atoms with Crippen LogP contribution in [0.5, 0.6) is 0 Å². The van der Waals surface area contributed by atoms with Gasteiger partial charge in [-0.2, -0.15) is 0 Å². The predicted octanol–water partition coefficient (Wildman–Crippen LogP) is 2.63. The fraction of sp³-hybridized carbons (Fsp3) is 0.375. The fourth-order valence-corrected chi connectivity index (χ4v) is 2.47. The second-order valence-electron chi connectivity index (χ2n) is 5.52. The molecule has 0 saturated heterocycles. The Balaban J connectivity index is 0.00000264. The molecule has 0 aromatic heterocycles. The smallest absolute Gasteiger partial charge is 0.319 e. The van der Waals surface area contributed by atoms with Gasteiger partial charge < -0.3 is 21.7 Å². The van der Waals surface area contributed by atoms with Crippen molar-refractivity contribution in [1.82, 2.24) is 5.32 Å². The van der Waals surface area contributed by atoms with Crippen LogP contribution in [0.4, 0.5) is 16.2 Å². The van der Waals surface area contributed by atoms with E-state index in [1.54, 1.807) is 30.3 Å². The highest BCUT2D eigenvalue weighted by molar-refractivity contribution is 5.98. The number of hydrogen-bond acceptors (Lipinski definition) is 3. The van der Waals surface area contributed by atoms with E-state index in [0.29, 0.717) is 17.9 Å². The topological polar surface area (TPSA) is 96.2 Å². The second kappa shape index (κ2) is 8.55. The van der Waals surface area contributed by atoms with Gasteiger partial charge in [-0.25, -0.2) is 4.79 Å². The first-order chi connectivity index (χ1) is 10.5. The maximum Gasteiger partial charge on any atom is 0.319 e. The van der Waals surface area contributed by atoms with E-state index in [2.05, 4.69) is 22.5 Å². The van der Waals surface area contributed by atoms with Gasteiger partial charge in [0.2, 0.25) is 5.91 Å². The quantitative estimate of drug-likeness (QED) is 0.621. The Bertz CT molecular complexity index is 554. The Labute approximate surface area is 142 Å². The van der Waals surface area contributed by atoms with Gasteiger partial charge in [0.1, 0.15) is 0 Å². The van der Waals surface area contributed by atoms with Crippen LogP contribution in [0, 0.1) is 0 Å². The van der Waals surface area contributed by atoms with Crippen LogP contribution in [0.2, 0.25) is 0 Å². The zero-order chi connectivity index (χ0) is 16.0. The van der Waals surface area contributed by atoms with Crippen LogP contribution in [0.25, 0.3) is 0 Å². The van der Waals surface area contributed by atoms with Gasteiger partial charge in [-0.15, -0.1) is 19.0 Å². The van der Waals surface area contributed by atoms with Crippen LogP contribution >= 0.6 is 12.4 Å². The van der Waals surface area contributed by atoms with Crippen molar-refractivity contribution in [2.75, 3.05) is 17.2 Å². The summed E-state index contributed by atoms with van der Waals surface area (Å²) in [5.41, 5.74) is 6.67. The van der Waals surface area contributed by atoms with Gasteiger partial charge in [0.15, 0.2) is 0 Å². The van der Waals surface area contributed by atoms with Gasteiger partial charge in [0.25, 0.3) is 0 Å². The number of rotatable bonds is 5. The zero-order valence-electron chi connectivity index (χ0n) is 12.9. The van der Waals surface area contributed by atoms with Gasteiger partial charge >= 0.3 is 6.03 Å². The Morgan fingerprint density at radius 1 is 1.13 bits per heavy atom. The van der Waals surface area contributed by atoms with Crippen molar-refractivity contribution in [1.29, 1.82) is 0 Å². The van der Waals surface area contributed by atoms with Crippen molar-refractivity contribution in [2.24, 2.45) is 5.73 Å². The van der Waals surface area contributed by atoms with Crippen molar-refractivity contribution in [3.05, 3.63) is 36.9 Å². The number of nitrogens with one attached hydrogen (secondary N) is 3. The lowest BCUT2D eigenvalue weighted by atomic mass is 9.98. The molecule has 23 heavy (non-hydrogen) atoms. The summed E-state index contributed by atoms with van der Waals surface area (Å²) < 4.78 is 0. The average molecular weight is 339 g/mol. The lowest BCUT2D eigenvalue weighted by Gasteiger charge is -2.22. The van der Waals surface area contributed by atoms with Crippen LogP contribution in [0.1, 0.15) is 25.7 Å². The number of benzene rings is 1. The lowest BCUT2D eigenvalue weighted by molar-refractivity contribution is -0.121. The first kappa shape index (κ1) is 19.0. The summed E-state index contributed by atoms with van der Waals surface area (Å²) in [5.74, 6) is -0.144. The molecule has 0 radical (unpaired) electrons. The van der Waals surface area contributed by atoms with Gasteiger partial charge in [0, 0.05) is 17.9 Å². The normalized spacial score (nSPS) is 15.2. The van der Waals surface area contributed by atoms with Crippen LogP contribution < -0.4 is 21.7 Å². The molecular formula is C16H23ClN4O2. The summed E-state index contributed by atoms with van der Waals surface area (Å²) in [6.07, 6.45) is 5.03. The van der Waals surface area contributed by atoms with Gasteiger partial charge in [-0.3, -0.25) is 4.79 Å². The summed E-state index contributed by atoms with van der Waals surface area (Å²) in [5, 5.41) is 8.13. The average Bonchev–Trinajstić information content (AvgIpc) is 2.95. The van der Waals surface area contributed by atoms with E-state index >= 15 is 0 Å². The van der Waals surface area contributed by atoms with Crippen molar-refractivity contribution in [3.8, 4) is 0 Å². The number of carbonyl (C=O) groups excluding carboxylic acids is 2. The van der Waals surface area contributed by atoms with Gasteiger partial charge in [0.05, 0.1) is 5.54 Å². The number of nitrogens with two attached hydrogens (primary N) is 1. The molecule has 1 aliphatic carbocycles. The Morgan fingerprint density at radius 2 is 1.65 bits per heavy atom. The molecule has 6 nitrogen and oxygen atoms in total. The minimum atomic E-state index is -0.749. The number of hydrogen-bond donors (Lipinski definition) is 4. The van der Waals surface area contributed by atoms with E-state index in [1.165, 1.54) is 0 Å². The van der Waals surface area contributed by atoms with Crippen molar-refractivity contribution in [3.63, 3.8) is 0 Å². The highest BCUT2D eigenvalue weighted by Gasteiger charge is 2.36. The summed E-state index contributed by atoms with van der Waals surface area (Å²) in [7, 11) is 0. The molecule has 0 spiro atoms. The van der Waals surface area contributed by atoms with Crippen LogP contribution in [0.15, 0.2) is 36.9 Å².